The molecule has 9 nitrogen and oxygen atoms in total. The number of aryl methyl sites for hydroxylation is 1. The number of ether oxygens (including phenoxy) is 1. The van der Waals surface area contributed by atoms with E-state index in [1.807, 2.05) is 50.7 Å². The van der Waals surface area contributed by atoms with Gasteiger partial charge in [0.05, 0.1) is 16.6 Å². The molecule has 0 fully saturated rings. The maximum absolute atomic E-state index is 13.7. The van der Waals surface area contributed by atoms with Crippen LogP contribution in [0.1, 0.15) is 50.4 Å². The molecule has 0 aromatic carbocycles. The number of rotatable bonds is 9. The molecule has 3 N–H and O–H groups in total. The van der Waals surface area contributed by atoms with Crippen LogP contribution >= 0.6 is 0 Å². The van der Waals surface area contributed by atoms with Gasteiger partial charge >= 0.3 is 6.09 Å². The van der Waals surface area contributed by atoms with E-state index in [-0.39, 0.29) is 11.4 Å². The topological polar surface area (TPSA) is 110 Å². The number of amides is 2. The Balaban J connectivity index is 1.49. The molecule has 2 amide bonds. The molecule has 3 aromatic rings. The van der Waals surface area contributed by atoms with E-state index in [0.29, 0.717) is 18.9 Å². The van der Waals surface area contributed by atoms with Crippen LogP contribution in [0, 0.1) is 5.95 Å². The number of halogens is 1. The second-order valence-corrected chi connectivity index (χ2v) is 8.93. The Hall–Kier alpha value is -3.69. The SMILES string of the molecule is Cn1ccc2nc(NC(=O)c3ccc(F)nc3NCCCCCNC(=O)OC(C)(C)C)ccc21. The van der Waals surface area contributed by atoms with Crippen molar-refractivity contribution in [1.29, 1.82) is 0 Å². The predicted molar refractivity (Wildman–Crippen MR) is 129 cm³/mol. The second-order valence-electron chi connectivity index (χ2n) is 8.93. The molecule has 182 valence electrons. The van der Waals surface area contributed by atoms with Gasteiger partial charge in [-0.15, -0.1) is 0 Å². The first kappa shape index (κ1) is 24.9. The molecule has 0 bridgehead atoms. The van der Waals surface area contributed by atoms with Gasteiger partial charge in [-0.1, -0.05) is 0 Å². The monoisotopic (exact) mass is 470 g/mol. The van der Waals surface area contributed by atoms with Gasteiger partial charge in [-0.25, -0.2) is 14.8 Å². The summed E-state index contributed by atoms with van der Waals surface area (Å²) in [4.78, 5) is 32.7. The summed E-state index contributed by atoms with van der Waals surface area (Å²) in [5.41, 5.74) is 1.41. The molecule has 0 unspecified atom stereocenters. The van der Waals surface area contributed by atoms with Gasteiger partial charge in [0.25, 0.3) is 5.91 Å². The Labute approximate surface area is 198 Å². The molecular formula is C24H31FN6O3. The minimum atomic E-state index is -0.676. The highest BCUT2D eigenvalue weighted by Crippen LogP contribution is 2.19. The first-order valence-electron chi connectivity index (χ1n) is 11.2. The van der Waals surface area contributed by atoms with Crippen LogP contribution in [0.25, 0.3) is 11.0 Å². The molecule has 0 atom stereocenters. The van der Waals surface area contributed by atoms with Crippen molar-refractivity contribution in [1.82, 2.24) is 19.9 Å². The van der Waals surface area contributed by atoms with Gasteiger partial charge in [0.2, 0.25) is 5.95 Å². The van der Waals surface area contributed by atoms with E-state index in [1.165, 1.54) is 6.07 Å². The normalized spacial score (nSPS) is 11.3. The van der Waals surface area contributed by atoms with Crippen molar-refractivity contribution < 1.29 is 18.7 Å². The third-order valence-corrected chi connectivity index (χ3v) is 4.90. The number of aromatic nitrogens is 3. The van der Waals surface area contributed by atoms with Gasteiger partial charge in [0, 0.05) is 26.3 Å². The summed E-state index contributed by atoms with van der Waals surface area (Å²) in [6, 6.07) is 8.00. The molecule has 0 spiro atoms. The van der Waals surface area contributed by atoms with Crippen molar-refractivity contribution in [2.75, 3.05) is 23.7 Å². The van der Waals surface area contributed by atoms with E-state index >= 15 is 0 Å². The average Bonchev–Trinajstić information content (AvgIpc) is 3.12. The largest absolute Gasteiger partial charge is 0.444 e. The number of unbranched alkanes of at least 4 members (excludes halogenated alkanes) is 2. The Bertz CT molecular complexity index is 1160. The van der Waals surface area contributed by atoms with Crippen LogP contribution in [0.3, 0.4) is 0 Å². The Morgan fingerprint density at radius 3 is 2.56 bits per heavy atom. The zero-order valence-corrected chi connectivity index (χ0v) is 19.9. The fourth-order valence-corrected chi connectivity index (χ4v) is 3.30. The summed E-state index contributed by atoms with van der Waals surface area (Å²) < 4.78 is 20.9. The third kappa shape index (κ3) is 7.16. The minimum Gasteiger partial charge on any atom is -0.444 e. The zero-order valence-electron chi connectivity index (χ0n) is 19.9. The molecule has 0 aliphatic carbocycles. The van der Waals surface area contributed by atoms with Gasteiger partial charge in [-0.05, 0) is 70.4 Å². The highest BCUT2D eigenvalue weighted by Gasteiger charge is 2.16. The number of alkyl carbamates (subject to hydrolysis) is 1. The highest BCUT2D eigenvalue weighted by atomic mass is 19.1. The number of pyridine rings is 2. The lowest BCUT2D eigenvalue weighted by Gasteiger charge is -2.19. The van der Waals surface area contributed by atoms with E-state index in [9.17, 15) is 14.0 Å². The van der Waals surface area contributed by atoms with Crippen LogP contribution < -0.4 is 16.0 Å². The van der Waals surface area contributed by atoms with Crippen LogP contribution in [0.4, 0.5) is 20.8 Å². The molecule has 0 aliphatic rings. The maximum Gasteiger partial charge on any atom is 0.407 e. The van der Waals surface area contributed by atoms with Crippen molar-refractivity contribution in [2.45, 2.75) is 45.6 Å². The Morgan fingerprint density at radius 2 is 1.79 bits per heavy atom. The van der Waals surface area contributed by atoms with Crippen molar-refractivity contribution >= 4 is 34.7 Å². The van der Waals surface area contributed by atoms with Crippen molar-refractivity contribution in [3.63, 3.8) is 0 Å². The number of anilines is 2. The van der Waals surface area contributed by atoms with Gasteiger partial charge in [0.15, 0.2) is 0 Å². The van der Waals surface area contributed by atoms with Crippen molar-refractivity contribution in [2.24, 2.45) is 7.05 Å². The molecule has 0 saturated carbocycles. The standard InChI is InChI=1S/C24H31FN6O3/c1-24(2,3)34-23(33)27-14-7-5-6-13-26-21-16(8-10-19(25)29-21)22(32)30-20-11-9-18-17(28-20)12-15-31(18)4/h8-12,15H,5-7,13-14H2,1-4H3,(H,26,29)(H,27,33)(H,28,30,32). The maximum atomic E-state index is 13.7. The van der Waals surface area contributed by atoms with Crippen LogP contribution in [0.15, 0.2) is 36.5 Å². The quantitative estimate of drug-likeness (QED) is 0.314. The fraction of sp³-hybridized carbons (Fsp3) is 0.417. The van der Waals surface area contributed by atoms with E-state index < -0.39 is 23.5 Å². The number of carbonyl (C=O) groups excluding carboxylic acids is 2. The van der Waals surface area contributed by atoms with Crippen LogP contribution in [-0.2, 0) is 11.8 Å². The van der Waals surface area contributed by atoms with E-state index in [4.69, 9.17) is 4.74 Å². The first-order valence-corrected chi connectivity index (χ1v) is 11.2. The lowest BCUT2D eigenvalue weighted by Crippen LogP contribution is -2.33. The molecule has 0 saturated heterocycles. The Kier molecular flexibility index (Phi) is 8.04. The van der Waals surface area contributed by atoms with Crippen LogP contribution in [-0.4, -0.2) is 45.2 Å². The van der Waals surface area contributed by atoms with Gasteiger partial charge < -0.3 is 25.3 Å². The lowest BCUT2D eigenvalue weighted by molar-refractivity contribution is 0.0527. The molecular weight excluding hydrogens is 439 g/mol. The number of nitrogens with zero attached hydrogens (tertiary/aromatic N) is 3. The van der Waals surface area contributed by atoms with Crippen LogP contribution in [0.5, 0.6) is 0 Å². The summed E-state index contributed by atoms with van der Waals surface area (Å²) in [5.74, 6) is -0.537. The second kappa shape index (κ2) is 11.0. The highest BCUT2D eigenvalue weighted by molar-refractivity contribution is 6.07. The summed E-state index contributed by atoms with van der Waals surface area (Å²) in [6.45, 7) is 6.43. The molecule has 34 heavy (non-hydrogen) atoms. The van der Waals surface area contributed by atoms with Gasteiger partial charge in [-0.3, -0.25) is 4.79 Å². The third-order valence-electron chi connectivity index (χ3n) is 4.90. The zero-order chi connectivity index (χ0) is 24.7. The molecule has 0 aliphatic heterocycles. The average molecular weight is 471 g/mol. The fourth-order valence-electron chi connectivity index (χ4n) is 3.30. The minimum absolute atomic E-state index is 0.171. The molecule has 3 heterocycles. The van der Waals surface area contributed by atoms with E-state index in [0.717, 1.165) is 36.4 Å². The smallest absolute Gasteiger partial charge is 0.407 e. The van der Waals surface area contributed by atoms with Crippen LogP contribution in [0.2, 0.25) is 0 Å². The first-order chi connectivity index (χ1) is 16.1. The lowest BCUT2D eigenvalue weighted by atomic mass is 10.2. The summed E-state index contributed by atoms with van der Waals surface area (Å²) in [7, 11) is 1.92. The van der Waals surface area contributed by atoms with E-state index in [1.54, 1.807) is 6.07 Å². The number of hydrogen-bond acceptors (Lipinski definition) is 6. The summed E-state index contributed by atoms with van der Waals surface area (Å²) >= 11 is 0. The van der Waals surface area contributed by atoms with E-state index in [2.05, 4.69) is 25.9 Å². The predicted octanol–water partition coefficient (Wildman–Crippen LogP) is 4.47. The van der Waals surface area contributed by atoms with Gasteiger partial charge in [0.1, 0.15) is 17.2 Å². The molecule has 10 heteroatoms. The Morgan fingerprint density at radius 1 is 1.03 bits per heavy atom. The summed E-state index contributed by atoms with van der Waals surface area (Å²) in [5, 5.41) is 8.50. The van der Waals surface area contributed by atoms with Crippen molar-refractivity contribution in [3.05, 3.63) is 48.0 Å². The molecule has 0 radical (unpaired) electrons. The summed E-state index contributed by atoms with van der Waals surface area (Å²) in [6.07, 6.45) is 3.79. The number of carbonyl (C=O) groups is 2. The number of hydrogen-bond donors (Lipinski definition) is 3. The number of fused-ring (bicyclic) bond motifs is 1. The molecule has 3 rings (SSSR count). The van der Waals surface area contributed by atoms with Gasteiger partial charge in [-0.2, -0.15) is 4.39 Å². The number of nitrogens with one attached hydrogen (secondary N) is 3. The van der Waals surface area contributed by atoms with Crippen molar-refractivity contribution in [3.8, 4) is 0 Å². The molecule has 3 aromatic heterocycles.